The first-order chi connectivity index (χ1) is 10.4. The van der Waals surface area contributed by atoms with Gasteiger partial charge in [-0.1, -0.05) is 36.9 Å². The van der Waals surface area contributed by atoms with Crippen molar-refractivity contribution in [3.05, 3.63) is 71.9 Å². The first-order valence-electron chi connectivity index (χ1n) is 7.23. The minimum absolute atomic E-state index is 0. The fourth-order valence-electron chi connectivity index (χ4n) is 1.83. The molecule has 1 radical (unpaired) electrons. The van der Waals surface area contributed by atoms with E-state index in [2.05, 4.69) is 18.0 Å². The Kier molecular flexibility index (Phi) is 7.46. The van der Waals surface area contributed by atoms with Gasteiger partial charge in [0.2, 0.25) is 0 Å². The van der Waals surface area contributed by atoms with Crippen molar-refractivity contribution in [3.63, 3.8) is 0 Å². The molecule has 0 aliphatic heterocycles. The molecule has 0 aromatic heterocycles. The molecule has 0 saturated heterocycles. The molecule has 119 valence electrons. The normalized spacial score (nSPS) is 12.7. The van der Waals surface area contributed by atoms with E-state index in [1.807, 2.05) is 56.3 Å². The molecule has 23 heavy (non-hydrogen) atoms. The molecule has 2 aromatic carbocycles. The quantitative estimate of drug-likeness (QED) is 0.743. The third-order valence-corrected chi connectivity index (χ3v) is 3.45. The van der Waals surface area contributed by atoms with E-state index in [4.69, 9.17) is 4.74 Å². The van der Waals surface area contributed by atoms with Crippen LogP contribution in [0.5, 0.6) is 5.75 Å². The van der Waals surface area contributed by atoms with Gasteiger partial charge in [0, 0.05) is 38.4 Å². The van der Waals surface area contributed by atoms with Crippen LogP contribution in [0.15, 0.2) is 54.7 Å². The SMILES string of the molecule is C=C(Nc1c[c-]c(C)cc1)[C@@](C)(O)COc1ccc(C)cc1.[Y]. The second kappa shape index (κ2) is 8.63. The zero-order chi connectivity index (χ0) is 16.2. The molecule has 0 bridgehead atoms. The minimum atomic E-state index is -1.18. The summed E-state index contributed by atoms with van der Waals surface area (Å²) >= 11 is 0. The van der Waals surface area contributed by atoms with Gasteiger partial charge in [0.05, 0.1) is 0 Å². The van der Waals surface area contributed by atoms with Crippen LogP contribution in [-0.2, 0) is 32.7 Å². The van der Waals surface area contributed by atoms with Crippen molar-refractivity contribution < 1.29 is 42.6 Å². The fourth-order valence-corrected chi connectivity index (χ4v) is 1.83. The van der Waals surface area contributed by atoms with Gasteiger partial charge >= 0.3 is 0 Å². The molecule has 0 fully saturated rings. The number of hydrogen-bond donors (Lipinski definition) is 2. The number of nitrogens with one attached hydrogen (secondary N) is 1. The number of aliphatic hydroxyl groups is 1. The molecule has 2 rings (SSSR count). The molecule has 2 N–H and O–H groups in total. The van der Waals surface area contributed by atoms with E-state index in [0.29, 0.717) is 5.70 Å². The van der Waals surface area contributed by atoms with Crippen molar-refractivity contribution in [2.75, 3.05) is 11.9 Å². The van der Waals surface area contributed by atoms with Gasteiger partial charge in [0.25, 0.3) is 0 Å². The summed E-state index contributed by atoms with van der Waals surface area (Å²) in [6, 6.07) is 16.5. The van der Waals surface area contributed by atoms with E-state index < -0.39 is 5.60 Å². The average Bonchev–Trinajstić information content (AvgIpc) is 2.49. The zero-order valence-corrected chi connectivity index (χ0v) is 16.7. The molecule has 0 aliphatic rings. The average molecular weight is 385 g/mol. The Bertz CT molecular complexity index is 633. The summed E-state index contributed by atoms with van der Waals surface area (Å²) in [5.41, 5.74) is 2.37. The van der Waals surface area contributed by atoms with Crippen LogP contribution >= 0.6 is 0 Å². The predicted octanol–water partition coefficient (Wildman–Crippen LogP) is 3.86. The van der Waals surface area contributed by atoms with Crippen molar-refractivity contribution in [2.45, 2.75) is 26.4 Å². The zero-order valence-electron chi connectivity index (χ0n) is 13.9. The van der Waals surface area contributed by atoms with Gasteiger partial charge in [-0.25, -0.2) is 0 Å². The second-order valence-corrected chi connectivity index (χ2v) is 5.74. The summed E-state index contributed by atoms with van der Waals surface area (Å²) in [6.45, 7) is 9.71. The second-order valence-electron chi connectivity index (χ2n) is 5.74. The Hall–Kier alpha value is -1.16. The third kappa shape index (κ3) is 6.10. The van der Waals surface area contributed by atoms with Gasteiger partial charge in [-0.05, 0) is 26.0 Å². The van der Waals surface area contributed by atoms with Crippen LogP contribution < -0.4 is 10.1 Å². The summed E-state index contributed by atoms with van der Waals surface area (Å²) in [6.07, 6.45) is 0. The number of benzene rings is 2. The summed E-state index contributed by atoms with van der Waals surface area (Å²) < 4.78 is 5.65. The Morgan fingerprint density at radius 2 is 1.87 bits per heavy atom. The molecule has 3 nitrogen and oxygen atoms in total. The molecule has 0 spiro atoms. The number of ether oxygens (including phenoxy) is 1. The maximum Gasteiger partial charge on any atom is 0.134 e. The van der Waals surface area contributed by atoms with Gasteiger partial charge in [0.15, 0.2) is 0 Å². The van der Waals surface area contributed by atoms with Crippen LogP contribution in [0.3, 0.4) is 0 Å². The minimum Gasteiger partial charge on any atom is -0.490 e. The van der Waals surface area contributed by atoms with Crippen LogP contribution in [-0.4, -0.2) is 17.3 Å². The summed E-state index contributed by atoms with van der Waals surface area (Å²) in [4.78, 5) is 0. The molecule has 0 unspecified atom stereocenters. The molecule has 0 heterocycles. The maximum atomic E-state index is 10.5. The number of hydrogen-bond acceptors (Lipinski definition) is 3. The van der Waals surface area contributed by atoms with Crippen molar-refractivity contribution in [2.24, 2.45) is 0 Å². The number of anilines is 1. The van der Waals surface area contributed by atoms with Crippen LogP contribution in [0, 0.1) is 19.9 Å². The van der Waals surface area contributed by atoms with Crippen molar-refractivity contribution in [1.29, 1.82) is 0 Å². The van der Waals surface area contributed by atoms with Crippen LogP contribution in [0.1, 0.15) is 18.1 Å². The van der Waals surface area contributed by atoms with Crippen molar-refractivity contribution in [3.8, 4) is 5.75 Å². The van der Waals surface area contributed by atoms with E-state index in [-0.39, 0.29) is 39.3 Å². The molecule has 1 atom stereocenters. The Balaban J connectivity index is 0.00000264. The molecule has 4 heteroatoms. The van der Waals surface area contributed by atoms with Gasteiger partial charge in [-0.2, -0.15) is 23.8 Å². The first-order valence-corrected chi connectivity index (χ1v) is 7.23. The molecular formula is C19H22NO2Y-. The topological polar surface area (TPSA) is 41.5 Å². The first kappa shape index (κ1) is 19.9. The van der Waals surface area contributed by atoms with E-state index in [1.165, 1.54) is 5.56 Å². The van der Waals surface area contributed by atoms with E-state index in [0.717, 1.165) is 17.0 Å². The fraction of sp³-hybridized carbons (Fsp3) is 0.263. The third-order valence-electron chi connectivity index (χ3n) is 3.45. The molecular weight excluding hydrogens is 363 g/mol. The summed E-state index contributed by atoms with van der Waals surface area (Å²) in [5.74, 6) is 0.724. The number of aryl methyl sites for hydroxylation is 2. The van der Waals surface area contributed by atoms with Gasteiger partial charge in [-0.15, -0.1) is 6.07 Å². The van der Waals surface area contributed by atoms with Gasteiger partial charge in [-0.3, -0.25) is 0 Å². The summed E-state index contributed by atoms with van der Waals surface area (Å²) in [5, 5.41) is 13.6. The van der Waals surface area contributed by atoms with E-state index >= 15 is 0 Å². The largest absolute Gasteiger partial charge is 0.490 e. The number of rotatable bonds is 6. The van der Waals surface area contributed by atoms with Crippen molar-refractivity contribution in [1.82, 2.24) is 0 Å². The van der Waals surface area contributed by atoms with Gasteiger partial charge < -0.3 is 15.2 Å². The maximum absolute atomic E-state index is 10.5. The smallest absolute Gasteiger partial charge is 0.134 e. The Morgan fingerprint density at radius 3 is 2.43 bits per heavy atom. The van der Waals surface area contributed by atoms with Crippen LogP contribution in [0.4, 0.5) is 5.69 Å². The molecule has 0 aliphatic carbocycles. The predicted molar refractivity (Wildman–Crippen MR) is 90.1 cm³/mol. The molecule has 2 aromatic rings. The Labute approximate surface area is 163 Å². The summed E-state index contributed by atoms with van der Waals surface area (Å²) in [7, 11) is 0. The van der Waals surface area contributed by atoms with Crippen molar-refractivity contribution >= 4 is 5.69 Å². The van der Waals surface area contributed by atoms with Crippen LogP contribution in [0.25, 0.3) is 0 Å². The standard InChI is InChI=1S/C19H22NO2.Y/c1-14-5-9-17(10-6-14)20-16(3)19(4,21)13-22-18-11-7-15(2)8-12-18;/h5,7-12,20-21H,3,13H2,1-2,4H3;/q-1;/t19-;/m0./s1. The molecule has 0 saturated carbocycles. The van der Waals surface area contributed by atoms with E-state index in [1.54, 1.807) is 6.92 Å². The monoisotopic (exact) mass is 385 g/mol. The van der Waals surface area contributed by atoms with Gasteiger partial charge in [0.1, 0.15) is 18.0 Å². The van der Waals surface area contributed by atoms with E-state index in [9.17, 15) is 5.11 Å². The van der Waals surface area contributed by atoms with Crippen LogP contribution in [0.2, 0.25) is 0 Å². The Morgan fingerprint density at radius 1 is 1.22 bits per heavy atom. The molecule has 0 amide bonds.